The van der Waals surface area contributed by atoms with Crippen LogP contribution in [0.5, 0.6) is 0 Å². The van der Waals surface area contributed by atoms with Gasteiger partial charge in [-0.2, -0.15) is 0 Å². The Balaban J connectivity index is 3.54. The van der Waals surface area contributed by atoms with Crippen molar-refractivity contribution < 1.29 is 52.5 Å². The molecule has 0 spiro atoms. The Morgan fingerprint density at radius 3 is 1.89 bits per heavy atom. The van der Waals surface area contributed by atoms with E-state index in [0.29, 0.717) is 11.9 Å². The molecule has 1 aliphatic rings. The van der Waals surface area contributed by atoms with Crippen LogP contribution in [0.1, 0.15) is 48.5 Å². The first-order chi connectivity index (χ1) is 17.1. The quantitative estimate of drug-likeness (QED) is 0.150. The summed E-state index contributed by atoms with van der Waals surface area (Å²) in [5.41, 5.74) is 0. The highest BCUT2D eigenvalue weighted by Crippen LogP contribution is 2.31. The summed E-state index contributed by atoms with van der Waals surface area (Å²) in [5.74, 6) is -4.71. The Morgan fingerprint density at radius 2 is 1.43 bits per heavy atom. The Labute approximate surface area is 217 Å². The van der Waals surface area contributed by atoms with Crippen LogP contribution in [0.3, 0.4) is 0 Å². The summed E-state index contributed by atoms with van der Waals surface area (Å²) in [4.78, 5) is 83.1. The number of ether oxygens (including phenoxy) is 5. The van der Waals surface area contributed by atoms with E-state index in [1.165, 1.54) is 13.8 Å². The number of esters is 4. The topological polar surface area (TPSA) is 202 Å². The van der Waals surface area contributed by atoms with Crippen LogP contribution in [-0.4, -0.2) is 83.7 Å². The van der Waals surface area contributed by atoms with Gasteiger partial charge in [-0.05, 0) is 13.8 Å². The number of amides is 2. The van der Waals surface area contributed by atoms with E-state index in [0.717, 1.165) is 34.6 Å². The average Bonchev–Trinajstić information content (AvgIpc) is 2.73. The Hall–Kier alpha value is -3.27. The highest BCUT2D eigenvalue weighted by molar-refractivity contribution is 7.99. The fourth-order valence-corrected chi connectivity index (χ4v) is 3.94. The van der Waals surface area contributed by atoms with E-state index in [4.69, 9.17) is 23.7 Å². The van der Waals surface area contributed by atoms with E-state index in [9.17, 15) is 33.7 Å². The zero-order valence-corrected chi connectivity index (χ0v) is 22.2. The minimum atomic E-state index is -1.61. The summed E-state index contributed by atoms with van der Waals surface area (Å²) < 4.78 is 28.0. The molecule has 208 valence electrons. The van der Waals surface area contributed by atoms with Crippen LogP contribution in [0.15, 0.2) is 4.58 Å². The molecule has 1 heterocycles. The van der Waals surface area contributed by atoms with Crippen LogP contribution >= 0.6 is 11.9 Å². The summed E-state index contributed by atoms with van der Waals surface area (Å²) in [6.45, 7) is 7.91. The number of hydrogen-bond donors (Lipinski definition) is 2. The third-order valence-electron chi connectivity index (χ3n) is 4.87. The lowest BCUT2D eigenvalue weighted by Gasteiger charge is -2.45. The first kappa shape index (κ1) is 31.8. The number of rotatable bonds is 11. The van der Waals surface area contributed by atoms with Crippen molar-refractivity contribution >= 4 is 47.6 Å². The molecule has 0 unspecified atom stereocenters. The van der Waals surface area contributed by atoms with Crippen LogP contribution in [0.4, 0.5) is 0 Å². The SMILES string of the molecule is CC(=O)N[C@H](C(=O)N[C@@H]1[C@H](OC(C)=O)O[C@H](COC(C)=O)[C@@H](OC(C)=O)[C@H]1OC(C)=O)C(C)(C)SN=O. The van der Waals surface area contributed by atoms with Crippen LogP contribution in [0.2, 0.25) is 0 Å². The Morgan fingerprint density at radius 1 is 0.892 bits per heavy atom. The third kappa shape index (κ3) is 9.95. The van der Waals surface area contributed by atoms with Crippen molar-refractivity contribution in [2.75, 3.05) is 6.61 Å². The zero-order valence-electron chi connectivity index (χ0n) is 21.4. The Kier molecular flexibility index (Phi) is 11.9. The second kappa shape index (κ2) is 13.9. The van der Waals surface area contributed by atoms with Gasteiger partial charge >= 0.3 is 23.9 Å². The van der Waals surface area contributed by atoms with Crippen molar-refractivity contribution in [1.29, 1.82) is 0 Å². The maximum Gasteiger partial charge on any atom is 0.305 e. The van der Waals surface area contributed by atoms with Gasteiger partial charge in [0.1, 0.15) is 24.8 Å². The number of hydrogen-bond acceptors (Lipinski definition) is 14. The van der Waals surface area contributed by atoms with Gasteiger partial charge in [-0.15, -0.1) is 4.91 Å². The van der Waals surface area contributed by atoms with Crippen molar-refractivity contribution in [3.05, 3.63) is 4.91 Å². The first-order valence-corrected chi connectivity index (χ1v) is 11.7. The molecule has 0 aromatic rings. The molecule has 15 nitrogen and oxygen atoms in total. The summed E-state index contributed by atoms with van der Waals surface area (Å²) in [5, 5.41) is 4.92. The minimum Gasteiger partial charge on any atom is -0.463 e. The van der Waals surface area contributed by atoms with Gasteiger partial charge in [0.05, 0.1) is 4.75 Å². The molecule has 2 amide bonds. The van der Waals surface area contributed by atoms with Crippen LogP contribution < -0.4 is 10.6 Å². The molecule has 37 heavy (non-hydrogen) atoms. The second-order valence-electron chi connectivity index (χ2n) is 8.54. The van der Waals surface area contributed by atoms with Gasteiger partial charge in [-0.25, -0.2) is 0 Å². The fraction of sp³-hybridized carbons (Fsp3) is 0.714. The van der Waals surface area contributed by atoms with Crippen molar-refractivity contribution in [2.45, 2.75) is 89.9 Å². The van der Waals surface area contributed by atoms with Crippen molar-refractivity contribution in [3.8, 4) is 0 Å². The van der Waals surface area contributed by atoms with E-state index in [2.05, 4.69) is 15.2 Å². The normalized spacial score (nSPS) is 24.0. The van der Waals surface area contributed by atoms with Crippen LogP contribution in [-0.2, 0) is 52.5 Å². The second-order valence-corrected chi connectivity index (χ2v) is 9.92. The molecule has 0 radical (unpaired) electrons. The van der Waals surface area contributed by atoms with Crippen molar-refractivity contribution in [2.24, 2.45) is 4.58 Å². The van der Waals surface area contributed by atoms with Gasteiger partial charge in [0.2, 0.25) is 18.1 Å². The average molecular weight is 550 g/mol. The molecule has 6 atom stereocenters. The Bertz CT molecular complexity index is 911. The smallest absolute Gasteiger partial charge is 0.305 e. The molecular weight excluding hydrogens is 518 g/mol. The van der Waals surface area contributed by atoms with Gasteiger partial charge in [0, 0.05) is 51.1 Å². The molecule has 0 saturated carbocycles. The highest BCUT2D eigenvalue weighted by atomic mass is 32.2. The number of carbonyl (C=O) groups is 6. The van der Waals surface area contributed by atoms with Crippen molar-refractivity contribution in [1.82, 2.24) is 10.6 Å². The predicted molar refractivity (Wildman–Crippen MR) is 125 cm³/mol. The van der Waals surface area contributed by atoms with E-state index in [1.807, 2.05) is 0 Å². The lowest BCUT2D eigenvalue weighted by molar-refractivity contribution is -0.271. The predicted octanol–water partition coefficient (Wildman–Crippen LogP) is -0.116. The molecule has 1 saturated heterocycles. The molecule has 1 fully saturated rings. The first-order valence-electron chi connectivity index (χ1n) is 11.0. The minimum absolute atomic E-state index is 0.479. The highest BCUT2D eigenvalue weighted by Gasteiger charge is 2.53. The van der Waals surface area contributed by atoms with Gasteiger partial charge < -0.3 is 34.3 Å². The summed E-state index contributed by atoms with van der Waals surface area (Å²) in [6.07, 6.45) is -5.80. The maximum atomic E-state index is 13.4. The summed E-state index contributed by atoms with van der Waals surface area (Å²) in [6, 6.07) is -2.82. The number of nitroso groups, excluding NO2 is 1. The molecule has 16 heteroatoms. The number of nitrogens with one attached hydrogen (secondary N) is 2. The third-order valence-corrected chi connectivity index (χ3v) is 5.65. The van der Waals surface area contributed by atoms with E-state index in [1.54, 1.807) is 0 Å². The standard InChI is InChI=1S/C21H31N3O12S/c1-9(25)22-18(21(6,7)37-24-31)19(30)23-15-17(34-12(4)28)16(33-11(3)27)14(8-32-10(2)26)36-20(15)35-13(5)29/h14-18,20H,8H2,1-7H3,(H,22,25)(H,23,30)/t14-,15+,16-,17+,18-,20-/m1/s1. The van der Waals surface area contributed by atoms with Gasteiger partial charge in [-0.3, -0.25) is 28.8 Å². The van der Waals surface area contributed by atoms with Gasteiger partial charge in [-0.1, -0.05) is 0 Å². The summed E-state index contributed by atoms with van der Waals surface area (Å²) >= 11 is 0.490. The molecule has 0 aromatic carbocycles. The number of nitrogens with zero attached hydrogens (tertiary/aromatic N) is 1. The summed E-state index contributed by atoms with van der Waals surface area (Å²) in [7, 11) is 0. The van der Waals surface area contributed by atoms with Gasteiger partial charge in [0.15, 0.2) is 12.2 Å². The lowest BCUT2D eigenvalue weighted by Crippen LogP contribution is -2.69. The van der Waals surface area contributed by atoms with E-state index in [-0.39, 0.29) is 0 Å². The molecule has 2 N–H and O–H groups in total. The largest absolute Gasteiger partial charge is 0.463 e. The molecule has 1 aliphatic heterocycles. The lowest BCUT2D eigenvalue weighted by atomic mass is 9.94. The number of carbonyl (C=O) groups excluding carboxylic acids is 6. The molecule has 0 bridgehead atoms. The van der Waals surface area contributed by atoms with E-state index < -0.39 is 83.7 Å². The van der Waals surface area contributed by atoms with E-state index >= 15 is 0 Å². The van der Waals surface area contributed by atoms with Crippen LogP contribution in [0, 0.1) is 4.91 Å². The molecular formula is C21H31N3O12S. The zero-order chi connectivity index (χ0) is 28.5. The van der Waals surface area contributed by atoms with Crippen LogP contribution in [0.25, 0.3) is 0 Å². The molecule has 0 aromatic heterocycles. The maximum absolute atomic E-state index is 13.4. The van der Waals surface area contributed by atoms with Crippen molar-refractivity contribution in [3.63, 3.8) is 0 Å². The van der Waals surface area contributed by atoms with Gasteiger partial charge in [0.25, 0.3) is 0 Å². The monoisotopic (exact) mass is 549 g/mol. The fourth-order valence-electron chi connectivity index (χ4n) is 3.47. The molecule has 1 rings (SSSR count). The molecule has 0 aliphatic carbocycles.